The number of aryl methyl sites for hydroxylation is 1. The molecule has 0 radical (unpaired) electrons. The van der Waals surface area contributed by atoms with Gasteiger partial charge in [0.15, 0.2) is 0 Å². The molecule has 9 nitrogen and oxygen atoms in total. The monoisotopic (exact) mass is 854 g/mol. The number of hydrogen-bond donors (Lipinski definition) is 3. The van der Waals surface area contributed by atoms with Gasteiger partial charge >= 0.3 is 5.97 Å². The maximum absolute atomic E-state index is 13.1. The first-order chi connectivity index (χ1) is 30.0. The molecule has 0 aliphatic heterocycles. The zero-order chi connectivity index (χ0) is 43.3. The lowest BCUT2D eigenvalue weighted by atomic mass is 9.59. The van der Waals surface area contributed by atoms with Gasteiger partial charge in [-0.2, -0.15) is 0 Å². The summed E-state index contributed by atoms with van der Waals surface area (Å²) in [4.78, 5) is 35.1. The number of amides is 1. The SMILES string of the molecule is C[C@@H](COc1ccnc2c1[C@H](C)CCC2)CC1Cc2ccc(OCCCC(=O)N[C@@H](C)c3cccc(-c4cccnc4)c3)cc2C12CCC(Nc1cccc(Cl)c1)(C(=O)O)CC2. The third kappa shape index (κ3) is 9.48. The molecular formula is C52H59ClN4O5. The van der Waals surface area contributed by atoms with Crippen LogP contribution in [0.2, 0.25) is 5.02 Å². The van der Waals surface area contributed by atoms with Crippen LogP contribution in [0.5, 0.6) is 11.5 Å². The van der Waals surface area contributed by atoms with Gasteiger partial charge in [-0.1, -0.05) is 61.8 Å². The van der Waals surface area contributed by atoms with E-state index in [-0.39, 0.29) is 23.3 Å². The molecule has 62 heavy (non-hydrogen) atoms. The minimum Gasteiger partial charge on any atom is -0.494 e. The average Bonchev–Trinajstić information content (AvgIpc) is 3.56. The van der Waals surface area contributed by atoms with Crippen molar-refractivity contribution in [2.24, 2.45) is 11.8 Å². The second-order valence-corrected chi connectivity index (χ2v) is 18.6. The summed E-state index contributed by atoms with van der Waals surface area (Å²) >= 11 is 6.32. The molecule has 4 atom stereocenters. The highest BCUT2D eigenvalue weighted by Crippen LogP contribution is 2.57. The van der Waals surface area contributed by atoms with Gasteiger partial charge in [-0.15, -0.1) is 0 Å². The smallest absolute Gasteiger partial charge is 0.329 e. The summed E-state index contributed by atoms with van der Waals surface area (Å²) in [7, 11) is 0. The van der Waals surface area contributed by atoms with Gasteiger partial charge in [0.2, 0.25) is 5.91 Å². The van der Waals surface area contributed by atoms with E-state index in [1.165, 1.54) is 22.4 Å². The van der Waals surface area contributed by atoms with E-state index < -0.39 is 11.5 Å². The summed E-state index contributed by atoms with van der Waals surface area (Å²) in [5.74, 6) is 1.92. The molecular weight excluding hydrogens is 796 g/mol. The number of carbonyl (C=O) groups excluding carboxylic acids is 1. The fourth-order valence-electron chi connectivity index (χ4n) is 10.5. The van der Waals surface area contributed by atoms with E-state index in [0.29, 0.717) is 61.4 Å². The largest absolute Gasteiger partial charge is 0.494 e. The van der Waals surface area contributed by atoms with Crippen molar-refractivity contribution in [3.63, 3.8) is 0 Å². The standard InChI is InChI=1S/C52H59ClN4O5/c1-34(33-62-47-19-25-55-46-15-4-9-35(2)49(46)47)27-41-29-39-17-18-44(31-45(39)51(41)20-22-52(23-21-51,50(59)60)57-43-14-6-13-42(53)30-43)61-26-8-16-48(58)56-36(3)37-10-5-11-38(28-37)40-12-7-24-54-32-40/h5-7,10-14,17-19,24-25,28,30-32,34-36,41,57H,4,8-9,15-16,20-23,26-27,29,33H2,1-3H3,(H,56,58)(H,59,60)/t34-,35-,36+,41?,51?,52?/m1/s1. The Kier molecular flexibility index (Phi) is 13.2. The van der Waals surface area contributed by atoms with Crippen LogP contribution in [0.1, 0.15) is 118 Å². The molecule has 2 aromatic heterocycles. The van der Waals surface area contributed by atoms with E-state index in [1.54, 1.807) is 18.3 Å². The van der Waals surface area contributed by atoms with Crippen molar-refractivity contribution in [2.45, 2.75) is 114 Å². The van der Waals surface area contributed by atoms with Crippen LogP contribution in [0.25, 0.3) is 11.1 Å². The van der Waals surface area contributed by atoms with Crippen molar-refractivity contribution in [3.05, 3.63) is 136 Å². The second-order valence-electron chi connectivity index (χ2n) is 18.1. The number of carboxylic acid groups (broad SMARTS) is 1. The van der Waals surface area contributed by atoms with Crippen LogP contribution in [0, 0.1) is 11.8 Å². The summed E-state index contributed by atoms with van der Waals surface area (Å²) in [6.07, 6.45) is 14.0. The quantitative estimate of drug-likeness (QED) is 0.0839. The maximum atomic E-state index is 13.1. The number of rotatable bonds is 16. The molecule has 3 aromatic carbocycles. The second kappa shape index (κ2) is 18.9. The number of pyridine rings is 2. The normalized spacial score (nSPS) is 22.5. The molecule has 5 aromatic rings. The van der Waals surface area contributed by atoms with Gasteiger partial charge in [0.05, 0.1) is 19.3 Å². The molecule has 3 N–H and O–H groups in total. The number of ether oxygens (including phenoxy) is 2. The van der Waals surface area contributed by atoms with E-state index in [4.69, 9.17) is 21.1 Å². The highest BCUT2D eigenvalue weighted by Gasteiger charge is 2.54. The Labute approximate surface area is 371 Å². The maximum Gasteiger partial charge on any atom is 0.329 e. The van der Waals surface area contributed by atoms with Crippen molar-refractivity contribution < 1.29 is 24.2 Å². The van der Waals surface area contributed by atoms with Gasteiger partial charge < -0.3 is 25.2 Å². The van der Waals surface area contributed by atoms with Crippen LogP contribution in [0.15, 0.2) is 104 Å². The molecule has 8 rings (SSSR count). The van der Waals surface area contributed by atoms with Crippen molar-refractivity contribution in [2.75, 3.05) is 18.5 Å². The molecule has 1 fully saturated rings. The molecule has 1 spiro atoms. The van der Waals surface area contributed by atoms with E-state index in [9.17, 15) is 14.7 Å². The van der Waals surface area contributed by atoms with Gasteiger partial charge in [0, 0.05) is 47.0 Å². The number of fused-ring (bicyclic) bond motifs is 3. The average molecular weight is 856 g/mol. The molecule has 1 amide bonds. The Hall–Kier alpha value is -5.41. The van der Waals surface area contributed by atoms with Gasteiger partial charge in [-0.25, -0.2) is 4.79 Å². The van der Waals surface area contributed by atoms with E-state index >= 15 is 0 Å². The Morgan fingerprint density at radius 1 is 0.935 bits per heavy atom. The van der Waals surface area contributed by atoms with E-state index in [1.807, 2.05) is 61.8 Å². The number of carboxylic acids is 1. The fourth-order valence-corrected chi connectivity index (χ4v) is 10.7. The first kappa shape index (κ1) is 43.2. The highest BCUT2D eigenvalue weighted by molar-refractivity contribution is 6.30. The fraction of sp³-hybridized carbons (Fsp3) is 0.423. The van der Waals surface area contributed by atoms with E-state index in [2.05, 4.69) is 64.8 Å². The zero-order valence-corrected chi connectivity index (χ0v) is 36.9. The van der Waals surface area contributed by atoms with Crippen LogP contribution in [0.4, 0.5) is 5.69 Å². The van der Waals surface area contributed by atoms with Gasteiger partial charge in [-0.3, -0.25) is 14.8 Å². The number of anilines is 1. The Morgan fingerprint density at radius 2 is 1.76 bits per heavy atom. The van der Waals surface area contributed by atoms with Gasteiger partial charge in [0.1, 0.15) is 17.0 Å². The molecule has 0 bridgehead atoms. The molecule has 1 unspecified atom stereocenters. The van der Waals surface area contributed by atoms with Crippen molar-refractivity contribution >= 4 is 29.2 Å². The zero-order valence-electron chi connectivity index (χ0n) is 36.2. The molecule has 3 aliphatic carbocycles. The van der Waals surface area contributed by atoms with Gasteiger partial charge in [0.25, 0.3) is 0 Å². The van der Waals surface area contributed by atoms with Crippen LogP contribution in [0.3, 0.4) is 0 Å². The predicted molar refractivity (Wildman–Crippen MR) is 245 cm³/mol. The summed E-state index contributed by atoms with van der Waals surface area (Å²) in [5.41, 5.74) is 7.54. The molecule has 0 saturated heterocycles. The molecule has 10 heteroatoms. The van der Waals surface area contributed by atoms with Crippen LogP contribution >= 0.6 is 11.6 Å². The number of benzene rings is 3. The number of carbonyl (C=O) groups is 2. The predicted octanol–water partition coefficient (Wildman–Crippen LogP) is 11.3. The number of nitrogens with one attached hydrogen (secondary N) is 2. The van der Waals surface area contributed by atoms with Crippen molar-refractivity contribution in [1.82, 2.24) is 15.3 Å². The van der Waals surface area contributed by atoms with Crippen LogP contribution < -0.4 is 20.1 Å². The molecule has 3 aliphatic rings. The highest BCUT2D eigenvalue weighted by atomic mass is 35.5. The van der Waals surface area contributed by atoms with Crippen LogP contribution in [-0.4, -0.2) is 45.7 Å². The number of aliphatic carboxylic acids is 1. The number of nitrogens with zero attached hydrogens (tertiary/aromatic N) is 2. The number of halogens is 1. The lowest BCUT2D eigenvalue weighted by molar-refractivity contribution is -0.144. The summed E-state index contributed by atoms with van der Waals surface area (Å²) in [6.45, 7) is 7.58. The Balaban J connectivity index is 0.938. The third-order valence-corrected chi connectivity index (χ3v) is 14.1. The minimum absolute atomic E-state index is 0.0180. The number of aromatic nitrogens is 2. The summed E-state index contributed by atoms with van der Waals surface area (Å²) in [5, 5.41) is 17.9. The first-order valence-corrected chi connectivity index (χ1v) is 22.8. The first-order valence-electron chi connectivity index (χ1n) is 22.5. The Morgan fingerprint density at radius 3 is 2.55 bits per heavy atom. The Bertz CT molecular complexity index is 2360. The molecule has 1 saturated carbocycles. The summed E-state index contributed by atoms with van der Waals surface area (Å²) < 4.78 is 13.0. The number of hydrogen-bond acceptors (Lipinski definition) is 7. The van der Waals surface area contributed by atoms with Gasteiger partial charge in [-0.05, 0) is 171 Å². The molecule has 324 valence electrons. The molecule has 2 heterocycles. The summed E-state index contributed by atoms with van der Waals surface area (Å²) in [6, 6.07) is 27.8. The topological polar surface area (TPSA) is 123 Å². The van der Waals surface area contributed by atoms with E-state index in [0.717, 1.165) is 73.1 Å². The lowest BCUT2D eigenvalue weighted by Gasteiger charge is -2.47. The van der Waals surface area contributed by atoms with Crippen LogP contribution in [-0.2, 0) is 27.8 Å². The van der Waals surface area contributed by atoms with Crippen molar-refractivity contribution in [3.8, 4) is 22.6 Å². The third-order valence-electron chi connectivity index (χ3n) is 13.8. The minimum atomic E-state index is -1.11. The lowest BCUT2D eigenvalue weighted by Crippen LogP contribution is -2.53. The van der Waals surface area contributed by atoms with Crippen molar-refractivity contribution in [1.29, 1.82) is 0 Å².